The van der Waals surface area contributed by atoms with Gasteiger partial charge in [0.2, 0.25) is 0 Å². The molecule has 166 valence electrons. The summed E-state index contributed by atoms with van der Waals surface area (Å²) in [5.74, 6) is 0.973. The van der Waals surface area contributed by atoms with E-state index in [-0.39, 0.29) is 11.7 Å². The highest BCUT2D eigenvalue weighted by molar-refractivity contribution is 5.52. The molecule has 1 saturated carbocycles. The van der Waals surface area contributed by atoms with Crippen molar-refractivity contribution in [2.75, 3.05) is 37.7 Å². The molecule has 3 aliphatic rings. The number of nitrogens with one attached hydrogen (secondary N) is 1. The van der Waals surface area contributed by atoms with Gasteiger partial charge in [-0.05, 0) is 93.6 Å². The second kappa shape index (κ2) is 9.11. The van der Waals surface area contributed by atoms with E-state index in [4.69, 9.17) is 4.74 Å². The molecule has 2 aromatic rings. The number of benzene rings is 1. The van der Waals surface area contributed by atoms with Crippen LogP contribution in [-0.2, 0) is 0 Å². The average molecular weight is 425 g/mol. The van der Waals surface area contributed by atoms with Crippen molar-refractivity contribution >= 4 is 5.69 Å². The molecule has 6 heteroatoms. The average Bonchev–Trinajstić information content (AvgIpc) is 3.30. The smallest absolute Gasteiger partial charge is 0.316 e. The molecule has 2 aliphatic heterocycles. The largest absolute Gasteiger partial charge is 0.463 e. The van der Waals surface area contributed by atoms with Crippen molar-refractivity contribution in [1.29, 1.82) is 0 Å². The first-order valence-corrected chi connectivity index (χ1v) is 11.9. The van der Waals surface area contributed by atoms with Crippen molar-refractivity contribution in [2.24, 2.45) is 5.92 Å². The molecule has 0 atom stereocenters. The molecule has 3 heterocycles. The van der Waals surface area contributed by atoms with Crippen molar-refractivity contribution in [3.8, 4) is 6.01 Å². The first-order valence-electron chi connectivity index (χ1n) is 11.9. The zero-order valence-electron chi connectivity index (χ0n) is 18.4. The van der Waals surface area contributed by atoms with Crippen LogP contribution in [0.4, 0.5) is 10.1 Å². The fourth-order valence-electron chi connectivity index (χ4n) is 5.42. The number of halogens is 1. The van der Waals surface area contributed by atoms with Crippen LogP contribution in [0.5, 0.6) is 6.01 Å². The van der Waals surface area contributed by atoms with Crippen LogP contribution in [0.1, 0.15) is 67.2 Å². The first kappa shape index (κ1) is 20.7. The summed E-state index contributed by atoms with van der Waals surface area (Å²) in [6.07, 6.45) is 7.97. The molecule has 2 saturated heterocycles. The van der Waals surface area contributed by atoms with Gasteiger partial charge in [0.1, 0.15) is 0 Å². The van der Waals surface area contributed by atoms with E-state index in [1.165, 1.54) is 48.9 Å². The third kappa shape index (κ3) is 4.54. The number of anilines is 1. The summed E-state index contributed by atoms with van der Waals surface area (Å²) in [5.41, 5.74) is 4.77. The third-order valence-corrected chi connectivity index (χ3v) is 7.32. The maximum Gasteiger partial charge on any atom is 0.316 e. The number of ether oxygens (including phenoxy) is 1. The van der Waals surface area contributed by atoms with Crippen LogP contribution < -0.4 is 15.0 Å². The minimum atomic E-state index is -0.309. The second-order valence-electron chi connectivity index (χ2n) is 9.49. The second-order valence-corrected chi connectivity index (χ2v) is 9.49. The molecule has 0 spiro atoms. The Hall–Kier alpha value is -2.21. The molecule has 0 radical (unpaired) electrons. The fourth-order valence-corrected chi connectivity index (χ4v) is 5.42. The van der Waals surface area contributed by atoms with Crippen LogP contribution in [0.2, 0.25) is 0 Å². The Bertz CT molecular complexity index is 902. The summed E-state index contributed by atoms with van der Waals surface area (Å²) >= 11 is 0. The van der Waals surface area contributed by atoms with Crippen molar-refractivity contribution in [3.63, 3.8) is 0 Å². The van der Waals surface area contributed by atoms with Gasteiger partial charge in [-0.3, -0.25) is 0 Å². The normalized spacial score (nSPS) is 24.3. The summed E-state index contributed by atoms with van der Waals surface area (Å²) in [4.78, 5) is 11.0. The lowest BCUT2D eigenvalue weighted by atomic mass is 9.71. The van der Waals surface area contributed by atoms with Gasteiger partial charge in [0.05, 0.1) is 18.5 Å². The molecular weight excluding hydrogens is 391 g/mol. The van der Waals surface area contributed by atoms with Crippen molar-refractivity contribution in [2.45, 2.75) is 57.3 Å². The number of hydrogen-bond donors (Lipinski definition) is 1. The molecule has 0 bridgehead atoms. The highest BCUT2D eigenvalue weighted by Gasteiger charge is 2.32. The zero-order valence-corrected chi connectivity index (χ0v) is 18.4. The molecule has 1 N–H and O–H groups in total. The maximum absolute atomic E-state index is 14.2. The van der Waals surface area contributed by atoms with Crippen LogP contribution in [0.15, 0.2) is 24.4 Å². The van der Waals surface area contributed by atoms with Gasteiger partial charge in [-0.15, -0.1) is 0 Å². The standard InChI is InChI=1S/C25H33FN4O/c1-17-12-21(30-10-2-3-11-30)4-5-22(17)20-13-18(14-20)16-31-25-28-15-23(26)24(29-25)19-6-8-27-9-7-19/h4-5,12,15,18-20,27H,2-3,6-11,13-14,16H2,1H3. The van der Waals surface area contributed by atoms with Gasteiger partial charge in [-0.25, -0.2) is 9.37 Å². The topological polar surface area (TPSA) is 50.3 Å². The van der Waals surface area contributed by atoms with Gasteiger partial charge in [-0.1, -0.05) is 6.07 Å². The molecule has 1 aromatic carbocycles. The Morgan fingerprint density at radius 1 is 1.13 bits per heavy atom. The first-order chi connectivity index (χ1) is 15.2. The lowest BCUT2D eigenvalue weighted by Gasteiger charge is -2.36. The van der Waals surface area contributed by atoms with Gasteiger partial charge in [0.25, 0.3) is 0 Å². The molecule has 1 aliphatic carbocycles. The van der Waals surface area contributed by atoms with Crippen LogP contribution in [0.3, 0.4) is 0 Å². The van der Waals surface area contributed by atoms with E-state index in [1.54, 1.807) is 0 Å². The summed E-state index contributed by atoms with van der Waals surface area (Å²) in [6.45, 7) is 7.04. The molecule has 5 rings (SSSR count). The molecule has 0 unspecified atom stereocenters. The van der Waals surface area contributed by atoms with Crippen molar-refractivity contribution < 1.29 is 9.13 Å². The highest BCUT2D eigenvalue weighted by Crippen LogP contribution is 2.43. The van der Waals surface area contributed by atoms with Gasteiger partial charge in [0.15, 0.2) is 5.82 Å². The van der Waals surface area contributed by atoms with E-state index in [9.17, 15) is 4.39 Å². The van der Waals surface area contributed by atoms with Crippen molar-refractivity contribution in [3.05, 3.63) is 47.0 Å². The van der Waals surface area contributed by atoms with E-state index in [2.05, 4.69) is 45.3 Å². The molecule has 1 aromatic heterocycles. The lowest BCUT2D eigenvalue weighted by molar-refractivity contribution is 0.148. The molecule has 5 nitrogen and oxygen atoms in total. The molecule has 3 fully saturated rings. The molecular formula is C25H33FN4O. The highest BCUT2D eigenvalue weighted by atomic mass is 19.1. The Kier molecular flexibility index (Phi) is 6.08. The zero-order chi connectivity index (χ0) is 21.2. The number of piperidine rings is 1. The van der Waals surface area contributed by atoms with Gasteiger partial charge < -0.3 is 15.0 Å². The van der Waals surface area contributed by atoms with E-state index >= 15 is 0 Å². The Morgan fingerprint density at radius 2 is 1.90 bits per heavy atom. The number of aromatic nitrogens is 2. The summed E-state index contributed by atoms with van der Waals surface area (Å²) in [6, 6.07) is 7.31. The van der Waals surface area contributed by atoms with Crippen LogP contribution in [-0.4, -0.2) is 42.8 Å². The van der Waals surface area contributed by atoms with Crippen LogP contribution in [0.25, 0.3) is 0 Å². The molecule has 0 amide bonds. The minimum absolute atomic E-state index is 0.159. The Labute approximate surface area is 184 Å². The monoisotopic (exact) mass is 424 g/mol. The SMILES string of the molecule is Cc1cc(N2CCCC2)ccc1C1CC(COc2ncc(F)c(C3CCNCC3)n2)C1. The summed E-state index contributed by atoms with van der Waals surface area (Å²) < 4.78 is 20.1. The van der Waals surface area contributed by atoms with E-state index < -0.39 is 0 Å². The number of aryl methyl sites for hydroxylation is 1. The number of nitrogens with zero attached hydrogens (tertiary/aromatic N) is 3. The Balaban J connectivity index is 1.14. The molecule has 31 heavy (non-hydrogen) atoms. The summed E-state index contributed by atoms with van der Waals surface area (Å²) in [5, 5.41) is 3.31. The van der Waals surface area contributed by atoms with Gasteiger partial charge in [0, 0.05) is 24.7 Å². The quantitative estimate of drug-likeness (QED) is 0.737. The predicted molar refractivity (Wildman–Crippen MR) is 120 cm³/mol. The Morgan fingerprint density at radius 3 is 2.65 bits per heavy atom. The fraction of sp³-hybridized carbons (Fsp3) is 0.600. The third-order valence-electron chi connectivity index (χ3n) is 7.32. The maximum atomic E-state index is 14.2. The minimum Gasteiger partial charge on any atom is -0.463 e. The van der Waals surface area contributed by atoms with Crippen LogP contribution >= 0.6 is 0 Å². The lowest BCUT2D eigenvalue weighted by Crippen LogP contribution is -2.29. The van der Waals surface area contributed by atoms with E-state index in [0.29, 0.717) is 30.1 Å². The van der Waals surface area contributed by atoms with Gasteiger partial charge >= 0.3 is 6.01 Å². The summed E-state index contributed by atoms with van der Waals surface area (Å²) in [7, 11) is 0. The predicted octanol–water partition coefficient (Wildman–Crippen LogP) is 4.56. The van der Waals surface area contributed by atoms with E-state index in [1.807, 2.05) is 0 Å². The van der Waals surface area contributed by atoms with E-state index in [0.717, 1.165) is 38.8 Å². The van der Waals surface area contributed by atoms with Crippen LogP contribution in [0, 0.1) is 18.7 Å². The van der Waals surface area contributed by atoms with Crippen molar-refractivity contribution in [1.82, 2.24) is 15.3 Å². The number of hydrogen-bond acceptors (Lipinski definition) is 5. The number of rotatable bonds is 6. The van der Waals surface area contributed by atoms with Gasteiger partial charge in [-0.2, -0.15) is 4.98 Å².